The Morgan fingerprint density at radius 2 is 1.36 bits per heavy atom. The van der Waals surface area contributed by atoms with Gasteiger partial charge in [0.15, 0.2) is 0 Å². The summed E-state index contributed by atoms with van der Waals surface area (Å²) < 4.78 is 0. The van der Waals surface area contributed by atoms with Gasteiger partial charge in [-0.3, -0.25) is 4.99 Å². The minimum absolute atomic E-state index is 0.121. The van der Waals surface area contributed by atoms with Gasteiger partial charge in [0.2, 0.25) is 0 Å². The molecule has 0 bridgehead atoms. The maximum Gasteiger partial charge on any atom is 0.0863 e. The van der Waals surface area contributed by atoms with Crippen molar-refractivity contribution in [2.45, 2.75) is 71.6 Å². The Hall–Kier alpha value is -2.09. The van der Waals surface area contributed by atoms with Crippen molar-refractivity contribution in [1.82, 2.24) is 0 Å². The van der Waals surface area contributed by atoms with Crippen LogP contribution in [0.5, 0.6) is 0 Å². The minimum atomic E-state index is 0.121. The second kappa shape index (κ2) is 8.11. The smallest absolute Gasteiger partial charge is 0.0863 e. The Morgan fingerprint density at radius 3 is 1.93 bits per heavy atom. The van der Waals surface area contributed by atoms with Gasteiger partial charge in [0, 0.05) is 19.3 Å². The van der Waals surface area contributed by atoms with E-state index in [0.29, 0.717) is 0 Å². The van der Waals surface area contributed by atoms with Gasteiger partial charge in [0.25, 0.3) is 0 Å². The lowest BCUT2D eigenvalue weighted by atomic mass is 9.79. The van der Waals surface area contributed by atoms with Crippen LogP contribution in [0, 0.1) is 0 Å². The van der Waals surface area contributed by atoms with Crippen LogP contribution in [0.2, 0.25) is 0 Å². The monoisotopic (exact) mass is 376 g/mol. The Balaban J connectivity index is 1.96. The number of aliphatic imine (C=N–C) groups is 1. The average Bonchev–Trinajstić information content (AvgIpc) is 2.66. The molecule has 0 aliphatic carbocycles. The van der Waals surface area contributed by atoms with Crippen LogP contribution in [0.25, 0.3) is 0 Å². The van der Waals surface area contributed by atoms with E-state index in [-0.39, 0.29) is 10.8 Å². The maximum absolute atomic E-state index is 4.93. The van der Waals surface area contributed by atoms with Gasteiger partial charge in [0.05, 0.1) is 11.4 Å². The molecule has 0 saturated carbocycles. The van der Waals surface area contributed by atoms with E-state index < -0.39 is 0 Å². The molecule has 0 unspecified atom stereocenters. The number of benzene rings is 2. The molecular weight excluding hydrogens is 340 g/mol. The van der Waals surface area contributed by atoms with Gasteiger partial charge in [-0.1, -0.05) is 59.7 Å². The third-order valence-corrected chi connectivity index (χ3v) is 5.62. The van der Waals surface area contributed by atoms with Crippen molar-refractivity contribution < 1.29 is 0 Å². The van der Waals surface area contributed by atoms with Crippen LogP contribution in [0.4, 0.5) is 11.4 Å². The molecule has 0 aromatic heterocycles. The molecule has 28 heavy (non-hydrogen) atoms. The van der Waals surface area contributed by atoms with E-state index >= 15 is 0 Å². The van der Waals surface area contributed by atoms with E-state index in [0.717, 1.165) is 18.8 Å². The number of para-hydroxylation sites is 2. The summed E-state index contributed by atoms with van der Waals surface area (Å²) >= 11 is 0. The van der Waals surface area contributed by atoms with Crippen molar-refractivity contribution in [1.29, 1.82) is 0 Å². The maximum atomic E-state index is 4.93. The van der Waals surface area contributed by atoms with E-state index in [9.17, 15) is 0 Å². The Morgan fingerprint density at radius 1 is 0.786 bits per heavy atom. The predicted octanol–water partition coefficient (Wildman–Crippen LogP) is 7.02. The number of nitrogens with zero attached hydrogens (tertiary/aromatic N) is 2. The normalized spacial score (nSPS) is 16.0. The summed E-state index contributed by atoms with van der Waals surface area (Å²) in [5.41, 5.74) is 6.50. The van der Waals surface area contributed by atoms with Gasteiger partial charge < -0.3 is 4.90 Å². The van der Waals surface area contributed by atoms with Crippen LogP contribution < -0.4 is 4.90 Å². The molecule has 0 spiro atoms. The molecule has 3 rings (SSSR count). The number of hydrogen-bond donors (Lipinski definition) is 0. The summed E-state index contributed by atoms with van der Waals surface area (Å²) in [7, 11) is 0. The predicted molar refractivity (Wildman–Crippen MR) is 124 cm³/mol. The van der Waals surface area contributed by atoms with Crippen LogP contribution >= 0.6 is 0 Å². The van der Waals surface area contributed by atoms with E-state index in [1.807, 2.05) is 6.21 Å². The molecule has 150 valence electrons. The fraction of sp³-hybridized carbons (Fsp3) is 0.500. The Kier molecular flexibility index (Phi) is 5.98. The molecule has 0 N–H and O–H groups in total. The van der Waals surface area contributed by atoms with Crippen molar-refractivity contribution in [3.8, 4) is 0 Å². The highest BCUT2D eigenvalue weighted by molar-refractivity contribution is 5.85. The first-order chi connectivity index (χ1) is 13.1. The topological polar surface area (TPSA) is 15.6 Å². The minimum Gasteiger partial charge on any atom is -0.370 e. The summed E-state index contributed by atoms with van der Waals surface area (Å²) in [6, 6.07) is 15.5. The zero-order valence-electron chi connectivity index (χ0n) is 18.5. The lowest BCUT2D eigenvalue weighted by Gasteiger charge is -2.29. The second-order valence-electron chi connectivity index (χ2n) is 10.1. The molecule has 1 aliphatic heterocycles. The summed E-state index contributed by atoms with van der Waals surface area (Å²) in [5, 5.41) is 0. The molecular formula is C26H36N2. The van der Waals surface area contributed by atoms with Crippen molar-refractivity contribution in [2.24, 2.45) is 4.99 Å². The van der Waals surface area contributed by atoms with E-state index in [2.05, 4.69) is 88.9 Å². The molecule has 0 atom stereocenters. The van der Waals surface area contributed by atoms with Gasteiger partial charge in [-0.2, -0.15) is 0 Å². The van der Waals surface area contributed by atoms with Crippen LogP contribution in [-0.4, -0.2) is 19.3 Å². The molecule has 0 amide bonds. The molecule has 1 aliphatic rings. The number of rotatable bonds is 3. The molecule has 1 saturated heterocycles. The third kappa shape index (κ3) is 5.04. The molecule has 1 fully saturated rings. The number of hydrogen-bond acceptors (Lipinski definition) is 2. The zero-order valence-corrected chi connectivity index (χ0v) is 18.5. The first-order valence-electron chi connectivity index (χ1n) is 10.7. The third-order valence-electron chi connectivity index (χ3n) is 5.62. The standard InChI is InChI=1S/C26H36N2/c1-25(2,3)21-16-20(17-22(18-21)26(4,5)6)19-27-23-12-8-9-13-24(23)28-14-10-7-11-15-28/h8-9,12-13,16-19H,7,10-11,14-15H2,1-6H3. The fourth-order valence-electron chi connectivity index (χ4n) is 3.71. The highest BCUT2D eigenvalue weighted by Crippen LogP contribution is 2.32. The number of anilines is 1. The van der Waals surface area contributed by atoms with Gasteiger partial charge in [0.1, 0.15) is 0 Å². The van der Waals surface area contributed by atoms with Gasteiger partial charge in [-0.25, -0.2) is 0 Å². The van der Waals surface area contributed by atoms with E-state index in [1.54, 1.807) is 0 Å². The lowest BCUT2D eigenvalue weighted by Crippen LogP contribution is -2.29. The second-order valence-corrected chi connectivity index (χ2v) is 10.1. The van der Waals surface area contributed by atoms with Gasteiger partial charge in [-0.15, -0.1) is 0 Å². The zero-order chi connectivity index (χ0) is 20.4. The highest BCUT2D eigenvalue weighted by Gasteiger charge is 2.20. The number of piperidine rings is 1. The summed E-state index contributed by atoms with van der Waals surface area (Å²) in [6.07, 6.45) is 5.95. The largest absolute Gasteiger partial charge is 0.370 e. The summed E-state index contributed by atoms with van der Waals surface area (Å²) in [5.74, 6) is 0. The van der Waals surface area contributed by atoms with Crippen LogP contribution in [0.1, 0.15) is 77.5 Å². The summed E-state index contributed by atoms with van der Waals surface area (Å²) in [6.45, 7) is 16.0. The van der Waals surface area contributed by atoms with Crippen LogP contribution in [0.3, 0.4) is 0 Å². The first kappa shape index (κ1) is 20.6. The van der Waals surface area contributed by atoms with Crippen LogP contribution in [-0.2, 0) is 10.8 Å². The van der Waals surface area contributed by atoms with Gasteiger partial charge >= 0.3 is 0 Å². The fourth-order valence-corrected chi connectivity index (χ4v) is 3.71. The highest BCUT2D eigenvalue weighted by atomic mass is 15.1. The SMILES string of the molecule is CC(C)(C)c1cc(C=Nc2ccccc2N2CCCCC2)cc(C(C)(C)C)c1. The Labute approximate surface area is 171 Å². The molecule has 2 nitrogen and oxygen atoms in total. The van der Waals surface area contributed by atoms with E-state index in [4.69, 9.17) is 4.99 Å². The van der Waals surface area contributed by atoms with Crippen molar-refractivity contribution in [2.75, 3.05) is 18.0 Å². The quantitative estimate of drug-likeness (QED) is 0.525. The molecule has 1 heterocycles. The average molecular weight is 377 g/mol. The lowest BCUT2D eigenvalue weighted by molar-refractivity contribution is 0.568. The first-order valence-corrected chi connectivity index (χ1v) is 10.7. The van der Waals surface area contributed by atoms with Crippen LogP contribution in [0.15, 0.2) is 47.5 Å². The van der Waals surface area contributed by atoms with Crippen molar-refractivity contribution in [3.05, 3.63) is 59.2 Å². The van der Waals surface area contributed by atoms with Gasteiger partial charge in [-0.05, 0) is 71.0 Å². The molecule has 2 aromatic carbocycles. The Bertz CT molecular complexity index is 796. The van der Waals surface area contributed by atoms with E-state index in [1.165, 1.54) is 41.6 Å². The molecule has 2 aromatic rings. The van der Waals surface area contributed by atoms with Crippen molar-refractivity contribution in [3.63, 3.8) is 0 Å². The molecule has 2 heteroatoms. The molecule has 0 radical (unpaired) electrons. The van der Waals surface area contributed by atoms with Crippen molar-refractivity contribution >= 4 is 17.6 Å². The summed E-state index contributed by atoms with van der Waals surface area (Å²) in [4.78, 5) is 7.42.